The molecular formula is C13H20N6O. The van der Waals surface area contributed by atoms with E-state index in [-0.39, 0.29) is 5.92 Å². The number of nitrogens with zero attached hydrogens (tertiary/aromatic N) is 4. The van der Waals surface area contributed by atoms with Crippen LogP contribution in [0.4, 0.5) is 5.82 Å². The van der Waals surface area contributed by atoms with Gasteiger partial charge in [-0.2, -0.15) is 5.10 Å². The Bertz CT molecular complexity index is 566. The van der Waals surface area contributed by atoms with Crippen LogP contribution < -0.4 is 16.0 Å². The van der Waals surface area contributed by atoms with E-state index < -0.39 is 0 Å². The lowest BCUT2D eigenvalue weighted by Gasteiger charge is -2.14. The Labute approximate surface area is 118 Å². The van der Waals surface area contributed by atoms with Gasteiger partial charge in [0.1, 0.15) is 6.33 Å². The average Bonchev–Trinajstić information content (AvgIpc) is 2.86. The van der Waals surface area contributed by atoms with E-state index >= 15 is 0 Å². The SMILES string of the molecule is CCCn1cc(Oc2ncnc(NN)c2C(C)C)cn1. The molecule has 7 nitrogen and oxygen atoms in total. The Balaban J connectivity index is 2.27. The molecule has 0 radical (unpaired) electrons. The van der Waals surface area contributed by atoms with Crippen molar-refractivity contribution in [3.8, 4) is 11.6 Å². The van der Waals surface area contributed by atoms with E-state index in [1.807, 2.05) is 24.7 Å². The van der Waals surface area contributed by atoms with Crippen molar-refractivity contribution in [1.82, 2.24) is 19.7 Å². The lowest BCUT2D eigenvalue weighted by Crippen LogP contribution is -2.13. The van der Waals surface area contributed by atoms with Gasteiger partial charge in [0.25, 0.3) is 0 Å². The third-order valence-corrected chi connectivity index (χ3v) is 2.84. The van der Waals surface area contributed by atoms with Crippen LogP contribution in [0.15, 0.2) is 18.7 Å². The third kappa shape index (κ3) is 3.05. The van der Waals surface area contributed by atoms with Crippen molar-refractivity contribution >= 4 is 5.82 Å². The van der Waals surface area contributed by atoms with Crippen LogP contribution in [0, 0.1) is 0 Å². The summed E-state index contributed by atoms with van der Waals surface area (Å²) in [6.07, 6.45) is 5.97. The van der Waals surface area contributed by atoms with Crippen LogP contribution in [0.5, 0.6) is 11.6 Å². The molecule has 2 aromatic heterocycles. The molecule has 0 aliphatic heterocycles. The highest BCUT2D eigenvalue weighted by Crippen LogP contribution is 2.32. The van der Waals surface area contributed by atoms with E-state index in [9.17, 15) is 0 Å². The molecule has 2 heterocycles. The van der Waals surface area contributed by atoms with Crippen LogP contribution in [0.2, 0.25) is 0 Å². The van der Waals surface area contributed by atoms with E-state index in [1.165, 1.54) is 6.33 Å². The summed E-state index contributed by atoms with van der Waals surface area (Å²) in [6.45, 7) is 7.03. The number of hydrogen-bond acceptors (Lipinski definition) is 6. The van der Waals surface area contributed by atoms with Crippen molar-refractivity contribution in [3.63, 3.8) is 0 Å². The molecule has 0 bridgehead atoms. The number of nitrogen functional groups attached to an aromatic ring is 1. The molecule has 20 heavy (non-hydrogen) atoms. The van der Waals surface area contributed by atoms with Crippen LogP contribution in [0.3, 0.4) is 0 Å². The highest BCUT2D eigenvalue weighted by Gasteiger charge is 2.16. The second-order valence-electron chi connectivity index (χ2n) is 4.78. The van der Waals surface area contributed by atoms with Gasteiger partial charge in [0.15, 0.2) is 11.6 Å². The number of nitrogens with two attached hydrogens (primary N) is 1. The van der Waals surface area contributed by atoms with Gasteiger partial charge >= 0.3 is 0 Å². The fourth-order valence-corrected chi connectivity index (χ4v) is 1.96. The first kappa shape index (κ1) is 14.3. The van der Waals surface area contributed by atoms with Gasteiger partial charge in [0.2, 0.25) is 5.88 Å². The van der Waals surface area contributed by atoms with Crippen LogP contribution in [0.25, 0.3) is 0 Å². The van der Waals surface area contributed by atoms with Gasteiger partial charge in [-0.25, -0.2) is 15.8 Å². The lowest BCUT2D eigenvalue weighted by atomic mass is 10.1. The van der Waals surface area contributed by atoms with Crippen molar-refractivity contribution in [2.45, 2.75) is 39.7 Å². The molecule has 0 atom stereocenters. The van der Waals surface area contributed by atoms with Crippen molar-refractivity contribution < 1.29 is 4.74 Å². The Morgan fingerprint density at radius 1 is 1.40 bits per heavy atom. The molecule has 0 spiro atoms. The number of anilines is 1. The fraction of sp³-hybridized carbons (Fsp3) is 0.462. The van der Waals surface area contributed by atoms with Crippen molar-refractivity contribution in [3.05, 3.63) is 24.3 Å². The summed E-state index contributed by atoms with van der Waals surface area (Å²) >= 11 is 0. The van der Waals surface area contributed by atoms with Crippen LogP contribution in [-0.4, -0.2) is 19.7 Å². The number of aryl methyl sites for hydroxylation is 1. The maximum absolute atomic E-state index is 5.81. The number of rotatable bonds is 6. The lowest BCUT2D eigenvalue weighted by molar-refractivity contribution is 0.450. The summed E-state index contributed by atoms with van der Waals surface area (Å²) < 4.78 is 7.65. The summed E-state index contributed by atoms with van der Waals surface area (Å²) in [5.41, 5.74) is 3.42. The second-order valence-corrected chi connectivity index (χ2v) is 4.78. The molecule has 0 saturated heterocycles. The molecule has 0 saturated carbocycles. The van der Waals surface area contributed by atoms with E-state index in [0.29, 0.717) is 17.4 Å². The maximum atomic E-state index is 5.81. The Kier molecular flexibility index (Phi) is 4.52. The second kappa shape index (κ2) is 6.33. The Hall–Kier alpha value is -2.15. The van der Waals surface area contributed by atoms with Gasteiger partial charge < -0.3 is 10.2 Å². The zero-order chi connectivity index (χ0) is 14.5. The van der Waals surface area contributed by atoms with Crippen molar-refractivity contribution in [2.24, 2.45) is 5.84 Å². The molecule has 0 aromatic carbocycles. The first-order valence-electron chi connectivity index (χ1n) is 6.67. The quantitative estimate of drug-likeness (QED) is 0.621. The zero-order valence-corrected chi connectivity index (χ0v) is 12.0. The largest absolute Gasteiger partial charge is 0.435 e. The third-order valence-electron chi connectivity index (χ3n) is 2.84. The summed E-state index contributed by atoms with van der Waals surface area (Å²) in [4.78, 5) is 8.30. The molecule has 3 N–H and O–H groups in total. The normalized spacial score (nSPS) is 10.8. The highest BCUT2D eigenvalue weighted by molar-refractivity contribution is 5.50. The fourth-order valence-electron chi connectivity index (χ4n) is 1.96. The van der Waals surface area contributed by atoms with Crippen LogP contribution >= 0.6 is 0 Å². The molecule has 2 aromatic rings. The topological polar surface area (TPSA) is 90.9 Å². The van der Waals surface area contributed by atoms with Crippen molar-refractivity contribution in [2.75, 3.05) is 5.43 Å². The van der Waals surface area contributed by atoms with Crippen LogP contribution in [0.1, 0.15) is 38.7 Å². The number of hydrogen-bond donors (Lipinski definition) is 2. The Morgan fingerprint density at radius 2 is 2.20 bits per heavy atom. The predicted octanol–water partition coefficient (Wildman–Crippen LogP) is 2.28. The van der Waals surface area contributed by atoms with E-state index in [4.69, 9.17) is 10.6 Å². The van der Waals surface area contributed by atoms with E-state index in [1.54, 1.807) is 6.20 Å². The van der Waals surface area contributed by atoms with Gasteiger partial charge in [0.05, 0.1) is 18.0 Å². The van der Waals surface area contributed by atoms with Gasteiger partial charge in [0, 0.05) is 6.54 Å². The standard InChI is InChI=1S/C13H20N6O/c1-4-5-19-7-10(6-17-19)20-13-11(9(2)3)12(18-14)15-8-16-13/h6-9H,4-5,14H2,1-3H3,(H,15,16,18). The number of hydrazine groups is 1. The van der Waals surface area contributed by atoms with E-state index in [0.717, 1.165) is 18.5 Å². The molecule has 2 rings (SSSR count). The summed E-state index contributed by atoms with van der Waals surface area (Å²) in [5.74, 6) is 7.39. The zero-order valence-electron chi connectivity index (χ0n) is 12.0. The molecule has 0 aliphatic rings. The van der Waals surface area contributed by atoms with Gasteiger partial charge in [-0.1, -0.05) is 20.8 Å². The summed E-state index contributed by atoms with van der Waals surface area (Å²) in [6, 6.07) is 0. The smallest absolute Gasteiger partial charge is 0.228 e. The average molecular weight is 276 g/mol. The van der Waals surface area contributed by atoms with Gasteiger partial charge in [-0.15, -0.1) is 0 Å². The highest BCUT2D eigenvalue weighted by atomic mass is 16.5. The minimum absolute atomic E-state index is 0.183. The number of aromatic nitrogens is 4. The Morgan fingerprint density at radius 3 is 2.85 bits per heavy atom. The van der Waals surface area contributed by atoms with E-state index in [2.05, 4.69) is 27.4 Å². The molecule has 7 heteroatoms. The van der Waals surface area contributed by atoms with Crippen LogP contribution in [-0.2, 0) is 6.54 Å². The minimum atomic E-state index is 0.183. The molecule has 0 amide bonds. The molecule has 108 valence electrons. The predicted molar refractivity (Wildman–Crippen MR) is 76.5 cm³/mol. The molecule has 0 fully saturated rings. The van der Waals surface area contributed by atoms with Gasteiger partial charge in [-0.05, 0) is 12.3 Å². The number of nitrogens with one attached hydrogen (secondary N) is 1. The van der Waals surface area contributed by atoms with Crippen molar-refractivity contribution in [1.29, 1.82) is 0 Å². The summed E-state index contributed by atoms with van der Waals surface area (Å²) in [5, 5.41) is 4.23. The first-order valence-corrected chi connectivity index (χ1v) is 6.67. The molecule has 0 unspecified atom stereocenters. The molecule has 0 aliphatic carbocycles. The summed E-state index contributed by atoms with van der Waals surface area (Å²) in [7, 11) is 0. The van der Waals surface area contributed by atoms with Gasteiger partial charge in [-0.3, -0.25) is 4.68 Å². The number of ether oxygens (including phenoxy) is 1. The first-order chi connectivity index (χ1) is 9.65. The molecular weight excluding hydrogens is 256 g/mol. The monoisotopic (exact) mass is 276 g/mol. The minimum Gasteiger partial charge on any atom is -0.435 e. The maximum Gasteiger partial charge on any atom is 0.228 e.